The first-order chi connectivity index (χ1) is 6.25. The number of methoxy groups -OCH3 is 1. The van der Waals surface area contributed by atoms with Crippen LogP contribution in [-0.2, 0) is 14.3 Å². The van der Waals surface area contributed by atoms with Crippen molar-refractivity contribution in [3.05, 3.63) is 0 Å². The van der Waals surface area contributed by atoms with E-state index in [9.17, 15) is 9.59 Å². The zero-order valence-corrected chi connectivity index (χ0v) is 7.09. The van der Waals surface area contributed by atoms with Crippen LogP contribution in [0.5, 0.6) is 0 Å². The Morgan fingerprint density at radius 1 is 1.43 bits per heavy atom. The van der Waals surface area contributed by atoms with Gasteiger partial charge in [-0.05, 0) is 0 Å². The van der Waals surface area contributed by atoms with E-state index in [0.717, 1.165) is 7.11 Å². The van der Waals surface area contributed by atoms with Gasteiger partial charge in [0.1, 0.15) is 0 Å². The molecule has 0 aromatic rings. The third-order valence-electron chi connectivity index (χ3n) is 1.94. The van der Waals surface area contributed by atoms with Gasteiger partial charge < -0.3 is 30.5 Å². The number of hydrogen-bond donors (Lipinski definition) is 5. The molecule has 0 spiro atoms. The second kappa shape index (κ2) is 2.89. The van der Waals surface area contributed by atoms with Gasteiger partial charge in [0, 0.05) is 0 Å². The molecule has 14 heavy (non-hydrogen) atoms. The average Bonchev–Trinajstić information content (AvgIpc) is 2.25. The van der Waals surface area contributed by atoms with Crippen molar-refractivity contribution < 1.29 is 34.8 Å². The van der Waals surface area contributed by atoms with Crippen LogP contribution in [0.2, 0.25) is 0 Å². The maximum Gasteiger partial charge on any atom is 0.334 e. The number of aliphatic hydroxyl groups is 4. The van der Waals surface area contributed by atoms with Crippen LogP contribution in [0.4, 0.5) is 0 Å². The third kappa shape index (κ3) is 1.16. The fourth-order valence-corrected chi connectivity index (χ4v) is 1.04. The van der Waals surface area contributed by atoms with Crippen molar-refractivity contribution in [3.8, 4) is 0 Å². The molecule has 1 unspecified atom stereocenters. The molecule has 0 radical (unpaired) electrons. The monoisotopic (exact) mass is 207 g/mol. The number of esters is 1. The van der Waals surface area contributed by atoms with Crippen LogP contribution in [0.25, 0.3) is 0 Å². The van der Waals surface area contributed by atoms with Crippen molar-refractivity contribution in [2.75, 3.05) is 7.11 Å². The normalized spacial score (nSPS) is 28.4. The average molecular weight is 207 g/mol. The van der Waals surface area contributed by atoms with E-state index in [1.807, 2.05) is 0 Å². The Morgan fingerprint density at radius 3 is 2.21 bits per heavy atom. The molecule has 80 valence electrons. The van der Waals surface area contributed by atoms with Crippen LogP contribution in [0.15, 0.2) is 0 Å². The second-order valence-electron chi connectivity index (χ2n) is 2.83. The Labute approximate surface area is 77.7 Å². The highest BCUT2D eigenvalue weighted by molar-refractivity contribution is 5.94. The summed E-state index contributed by atoms with van der Waals surface area (Å²) in [7, 11) is 0.944. The molecule has 0 aromatic carbocycles. The highest BCUT2D eigenvalue weighted by Crippen LogP contribution is 2.28. The van der Waals surface area contributed by atoms with Crippen LogP contribution in [0.3, 0.4) is 0 Å². The maximum absolute atomic E-state index is 10.9. The topological polar surface area (TPSA) is 136 Å². The van der Waals surface area contributed by atoms with Crippen LogP contribution in [0, 0.1) is 0 Å². The largest absolute Gasteiger partial charge is 0.467 e. The van der Waals surface area contributed by atoms with Gasteiger partial charge in [-0.15, -0.1) is 0 Å². The molecule has 1 fully saturated rings. The smallest absolute Gasteiger partial charge is 0.334 e. The van der Waals surface area contributed by atoms with Crippen molar-refractivity contribution in [2.45, 2.75) is 17.6 Å². The van der Waals surface area contributed by atoms with Gasteiger partial charge >= 0.3 is 11.8 Å². The van der Waals surface area contributed by atoms with Gasteiger partial charge in [0.25, 0.3) is 11.7 Å². The lowest BCUT2D eigenvalue weighted by Crippen LogP contribution is -2.60. The van der Waals surface area contributed by atoms with Crippen LogP contribution in [0.1, 0.15) is 0 Å². The molecule has 1 atom stereocenters. The van der Waals surface area contributed by atoms with Gasteiger partial charge in [-0.25, -0.2) is 4.79 Å². The van der Waals surface area contributed by atoms with Crippen molar-refractivity contribution in [1.82, 2.24) is 5.32 Å². The summed E-state index contributed by atoms with van der Waals surface area (Å²) in [5.41, 5.74) is 0. The molecule has 1 aliphatic rings. The molecular formula is C6H9NO7. The third-order valence-corrected chi connectivity index (χ3v) is 1.94. The lowest BCUT2D eigenvalue weighted by Gasteiger charge is -2.27. The minimum absolute atomic E-state index is 0.944. The summed E-state index contributed by atoms with van der Waals surface area (Å²) in [6, 6.07) is -1.94. The van der Waals surface area contributed by atoms with E-state index in [0.29, 0.717) is 0 Å². The highest BCUT2D eigenvalue weighted by atomic mass is 16.6. The summed E-state index contributed by atoms with van der Waals surface area (Å²) in [5, 5.41) is 37.8. The predicted molar refractivity (Wildman–Crippen MR) is 38.3 cm³/mol. The minimum atomic E-state index is -3.44. The second-order valence-corrected chi connectivity index (χ2v) is 2.83. The van der Waals surface area contributed by atoms with Gasteiger partial charge in [-0.1, -0.05) is 0 Å². The van der Waals surface area contributed by atoms with Gasteiger partial charge in [0.15, 0.2) is 6.04 Å². The molecule has 1 amide bonds. The molecule has 0 bridgehead atoms. The first-order valence-corrected chi connectivity index (χ1v) is 3.53. The Balaban J connectivity index is 3.06. The first kappa shape index (κ1) is 10.9. The summed E-state index contributed by atoms with van der Waals surface area (Å²) in [5.74, 6) is -9.45. The predicted octanol–water partition coefficient (Wildman–Crippen LogP) is -3.98. The highest BCUT2D eigenvalue weighted by Gasteiger charge is 2.67. The zero-order chi connectivity index (χ0) is 11.1. The Hall–Kier alpha value is -1.22. The van der Waals surface area contributed by atoms with Crippen molar-refractivity contribution in [1.29, 1.82) is 0 Å². The minimum Gasteiger partial charge on any atom is -0.467 e. The Morgan fingerprint density at radius 2 is 1.93 bits per heavy atom. The van der Waals surface area contributed by atoms with E-state index in [-0.39, 0.29) is 0 Å². The van der Waals surface area contributed by atoms with Crippen LogP contribution >= 0.6 is 0 Å². The van der Waals surface area contributed by atoms with Crippen molar-refractivity contribution >= 4 is 11.9 Å². The fraction of sp³-hybridized carbons (Fsp3) is 0.667. The van der Waals surface area contributed by atoms with Crippen LogP contribution < -0.4 is 5.32 Å². The molecule has 0 saturated carbocycles. The number of carbonyl (C=O) groups excluding carboxylic acids is 2. The van der Waals surface area contributed by atoms with Gasteiger partial charge in [-0.2, -0.15) is 0 Å². The maximum atomic E-state index is 10.9. The quantitative estimate of drug-likeness (QED) is 0.218. The molecule has 0 aliphatic carbocycles. The van der Waals surface area contributed by atoms with Gasteiger partial charge in [0.2, 0.25) is 0 Å². The number of ether oxygens (including phenoxy) is 1. The number of hydrogen-bond acceptors (Lipinski definition) is 7. The molecule has 8 heteroatoms. The van der Waals surface area contributed by atoms with E-state index >= 15 is 0 Å². The van der Waals surface area contributed by atoms with E-state index in [1.165, 1.54) is 0 Å². The summed E-state index contributed by atoms with van der Waals surface area (Å²) in [6.07, 6.45) is 0. The first-order valence-electron chi connectivity index (χ1n) is 3.53. The lowest BCUT2D eigenvalue weighted by atomic mass is 10.0. The van der Waals surface area contributed by atoms with E-state index in [4.69, 9.17) is 20.4 Å². The Kier molecular flexibility index (Phi) is 2.24. The number of rotatable bonds is 1. The molecule has 5 N–H and O–H groups in total. The molecule has 8 nitrogen and oxygen atoms in total. The standard InChI is InChI=1S/C6H9NO7/c1-14-3(8)2-5(10,11)6(12,13)4(9)7-2/h2,10-13H,1H3,(H,7,9). The van der Waals surface area contributed by atoms with E-state index < -0.39 is 29.5 Å². The molecule has 1 aliphatic heterocycles. The van der Waals surface area contributed by atoms with E-state index in [1.54, 1.807) is 5.32 Å². The molecular weight excluding hydrogens is 198 g/mol. The van der Waals surface area contributed by atoms with Crippen molar-refractivity contribution in [2.24, 2.45) is 0 Å². The molecule has 1 saturated heterocycles. The lowest BCUT2D eigenvalue weighted by molar-refractivity contribution is -0.326. The van der Waals surface area contributed by atoms with E-state index in [2.05, 4.69) is 4.74 Å². The van der Waals surface area contributed by atoms with Crippen molar-refractivity contribution in [3.63, 3.8) is 0 Å². The summed E-state index contributed by atoms with van der Waals surface area (Å²) < 4.78 is 4.12. The van der Waals surface area contributed by atoms with Crippen LogP contribution in [-0.4, -0.2) is 57.0 Å². The molecule has 1 heterocycles. The van der Waals surface area contributed by atoms with Gasteiger partial charge in [-0.3, -0.25) is 4.79 Å². The fourth-order valence-electron chi connectivity index (χ4n) is 1.04. The molecule has 0 aromatic heterocycles. The van der Waals surface area contributed by atoms with Gasteiger partial charge in [0.05, 0.1) is 7.11 Å². The molecule has 1 rings (SSSR count). The zero-order valence-electron chi connectivity index (χ0n) is 7.09. The summed E-state index contributed by atoms with van der Waals surface area (Å²) >= 11 is 0. The number of amides is 1. The Bertz CT molecular complexity index is 284. The summed E-state index contributed by atoms with van der Waals surface area (Å²) in [6.45, 7) is 0. The summed E-state index contributed by atoms with van der Waals surface area (Å²) in [4.78, 5) is 21.7. The number of carbonyl (C=O) groups is 2. The SMILES string of the molecule is COC(=O)C1NC(=O)C(O)(O)C1(O)O. The number of nitrogens with one attached hydrogen (secondary N) is 1.